The van der Waals surface area contributed by atoms with Crippen molar-refractivity contribution in [1.29, 1.82) is 0 Å². The molecule has 0 bridgehead atoms. The van der Waals surface area contributed by atoms with Gasteiger partial charge < -0.3 is 5.73 Å². The zero-order chi connectivity index (χ0) is 13.8. The van der Waals surface area contributed by atoms with Crippen LogP contribution in [-0.2, 0) is 0 Å². The van der Waals surface area contributed by atoms with E-state index in [2.05, 4.69) is 26.5 Å². The Labute approximate surface area is 106 Å². The maximum absolute atomic E-state index is 4.50. The van der Waals surface area contributed by atoms with Gasteiger partial charge >= 0.3 is 0 Å². The van der Waals surface area contributed by atoms with Crippen LogP contribution in [0.3, 0.4) is 0 Å². The minimum atomic E-state index is 0.969. The summed E-state index contributed by atoms with van der Waals surface area (Å²) in [6.45, 7) is 14.9. The lowest BCUT2D eigenvalue weighted by Gasteiger charge is -2.07. The smallest absolute Gasteiger partial charge is 0.0195 e. The molecular weight excluding hydrogens is 194 g/mol. The summed E-state index contributed by atoms with van der Waals surface area (Å²) in [6.07, 6.45) is 8.45. The van der Waals surface area contributed by atoms with Crippen LogP contribution in [0.15, 0.2) is 0 Å². The van der Waals surface area contributed by atoms with Gasteiger partial charge in [-0.3, -0.25) is 0 Å². The van der Waals surface area contributed by atoms with E-state index in [4.69, 9.17) is 0 Å². The van der Waals surface area contributed by atoms with E-state index in [0.29, 0.717) is 0 Å². The second-order valence-electron chi connectivity index (χ2n) is 3.39. The Morgan fingerprint density at radius 3 is 1.50 bits per heavy atom. The maximum Gasteiger partial charge on any atom is -0.0195 e. The van der Waals surface area contributed by atoms with Crippen LogP contribution in [-0.4, -0.2) is 7.05 Å². The topological polar surface area (TPSA) is 26.0 Å². The van der Waals surface area contributed by atoms with Crippen LogP contribution >= 0.6 is 0 Å². The summed E-state index contributed by atoms with van der Waals surface area (Å²) in [4.78, 5) is 0. The molecule has 0 saturated heterocycles. The van der Waals surface area contributed by atoms with Gasteiger partial charge in [0, 0.05) is 0 Å². The van der Waals surface area contributed by atoms with Crippen LogP contribution in [0.4, 0.5) is 0 Å². The fourth-order valence-corrected chi connectivity index (χ4v) is 1.38. The Morgan fingerprint density at radius 2 is 1.19 bits per heavy atom. The summed E-state index contributed by atoms with van der Waals surface area (Å²) >= 11 is 0. The van der Waals surface area contributed by atoms with Gasteiger partial charge in [0.2, 0.25) is 0 Å². The van der Waals surface area contributed by atoms with Gasteiger partial charge in [-0.1, -0.05) is 87.0 Å². The number of unbranched alkanes of at least 4 members (excludes halogenated alkanes) is 2. The SMILES string of the molecule is CC.CC.CCCCC[C@@H](C)CCC.CN. The van der Waals surface area contributed by atoms with E-state index >= 15 is 0 Å². The molecule has 1 heteroatoms. The monoisotopic (exact) mass is 233 g/mol. The van der Waals surface area contributed by atoms with Crippen molar-refractivity contribution in [1.82, 2.24) is 0 Å². The molecule has 0 unspecified atom stereocenters. The van der Waals surface area contributed by atoms with E-state index in [1.807, 2.05) is 27.7 Å². The van der Waals surface area contributed by atoms with Crippen molar-refractivity contribution < 1.29 is 0 Å². The van der Waals surface area contributed by atoms with Gasteiger partial charge in [-0.15, -0.1) is 0 Å². The van der Waals surface area contributed by atoms with Crippen molar-refractivity contribution in [2.45, 2.75) is 87.0 Å². The molecule has 1 nitrogen and oxygen atoms in total. The van der Waals surface area contributed by atoms with Crippen LogP contribution in [0.2, 0.25) is 0 Å². The first kappa shape index (κ1) is 25.0. The Bertz CT molecular complexity index is 62.5. The number of rotatable bonds is 6. The van der Waals surface area contributed by atoms with Crippen LogP contribution in [0, 0.1) is 5.92 Å². The van der Waals surface area contributed by atoms with Gasteiger partial charge in [0.05, 0.1) is 0 Å². The molecule has 0 aromatic carbocycles. The highest BCUT2D eigenvalue weighted by Crippen LogP contribution is 2.13. The van der Waals surface area contributed by atoms with Crippen molar-refractivity contribution >= 4 is 0 Å². The summed E-state index contributed by atoms with van der Waals surface area (Å²) < 4.78 is 0. The van der Waals surface area contributed by atoms with E-state index in [-0.39, 0.29) is 0 Å². The van der Waals surface area contributed by atoms with Gasteiger partial charge in [0.15, 0.2) is 0 Å². The third kappa shape index (κ3) is 37.0. The van der Waals surface area contributed by atoms with Crippen molar-refractivity contribution in [3.8, 4) is 0 Å². The molecule has 2 N–H and O–H groups in total. The molecule has 104 valence electrons. The highest BCUT2D eigenvalue weighted by molar-refractivity contribution is 4.51. The number of nitrogens with two attached hydrogens (primary N) is 1. The largest absolute Gasteiger partial charge is 0.333 e. The van der Waals surface area contributed by atoms with E-state index in [9.17, 15) is 0 Å². The number of hydrogen-bond donors (Lipinski definition) is 1. The van der Waals surface area contributed by atoms with Crippen molar-refractivity contribution in [3.63, 3.8) is 0 Å². The molecule has 0 aliphatic carbocycles. The maximum atomic E-state index is 4.50. The summed E-state index contributed by atoms with van der Waals surface area (Å²) in [6, 6.07) is 0. The molecule has 0 aliphatic heterocycles. The highest BCUT2D eigenvalue weighted by atomic mass is 14.4. The highest BCUT2D eigenvalue weighted by Gasteiger charge is 1.98. The van der Waals surface area contributed by atoms with Crippen molar-refractivity contribution in [3.05, 3.63) is 0 Å². The molecule has 0 aromatic heterocycles. The molecule has 0 fully saturated rings. The predicted octanol–water partition coefficient (Wildman–Crippen LogP) is 5.63. The standard InChI is InChI=1S/C10H22.2C2H6.CH5N/c1-4-6-7-9-10(3)8-5-2;3*1-2/h10H,4-9H2,1-3H3;2*1-2H3;2H2,1H3/t10-;;;/m0.../s1. The van der Waals surface area contributed by atoms with Crippen molar-refractivity contribution in [2.75, 3.05) is 7.05 Å². The third-order valence-corrected chi connectivity index (χ3v) is 2.08. The molecule has 0 amide bonds. The molecular formula is C15H39N. The second-order valence-corrected chi connectivity index (χ2v) is 3.39. The Balaban J connectivity index is -0.000000103. The normalized spacial score (nSPS) is 9.56. The fourth-order valence-electron chi connectivity index (χ4n) is 1.38. The molecule has 16 heavy (non-hydrogen) atoms. The lowest BCUT2D eigenvalue weighted by molar-refractivity contribution is 0.459. The van der Waals surface area contributed by atoms with E-state index in [0.717, 1.165) is 5.92 Å². The molecule has 1 atom stereocenters. The molecule has 0 aliphatic rings. The summed E-state index contributed by atoms with van der Waals surface area (Å²) in [7, 11) is 1.50. The minimum Gasteiger partial charge on any atom is -0.333 e. The summed E-state index contributed by atoms with van der Waals surface area (Å²) in [5.74, 6) is 0.969. The fraction of sp³-hybridized carbons (Fsp3) is 1.00. The van der Waals surface area contributed by atoms with E-state index in [1.54, 1.807) is 0 Å². The average molecular weight is 233 g/mol. The third-order valence-electron chi connectivity index (χ3n) is 2.08. The molecule has 0 heterocycles. The van der Waals surface area contributed by atoms with Crippen LogP contribution < -0.4 is 5.73 Å². The van der Waals surface area contributed by atoms with Crippen LogP contribution in [0.25, 0.3) is 0 Å². The molecule has 0 spiro atoms. The van der Waals surface area contributed by atoms with Gasteiger partial charge in [-0.05, 0) is 13.0 Å². The van der Waals surface area contributed by atoms with E-state index in [1.165, 1.54) is 45.6 Å². The minimum absolute atomic E-state index is 0.969. The Kier molecular flexibility index (Phi) is 56.7. The molecule has 0 rings (SSSR count). The van der Waals surface area contributed by atoms with Gasteiger partial charge in [0.25, 0.3) is 0 Å². The predicted molar refractivity (Wildman–Crippen MR) is 81.0 cm³/mol. The number of hydrogen-bond acceptors (Lipinski definition) is 1. The zero-order valence-corrected chi connectivity index (χ0v) is 13.4. The zero-order valence-electron chi connectivity index (χ0n) is 13.4. The summed E-state index contributed by atoms with van der Waals surface area (Å²) in [5.41, 5.74) is 4.50. The lowest BCUT2D eigenvalue weighted by atomic mass is 9.99. The van der Waals surface area contributed by atoms with Crippen LogP contribution in [0.5, 0.6) is 0 Å². The first-order valence-electron chi connectivity index (χ1n) is 7.39. The molecule has 0 saturated carbocycles. The lowest BCUT2D eigenvalue weighted by Crippen LogP contribution is -1.92. The van der Waals surface area contributed by atoms with E-state index < -0.39 is 0 Å². The van der Waals surface area contributed by atoms with Crippen molar-refractivity contribution in [2.24, 2.45) is 11.7 Å². The molecule has 0 aromatic rings. The van der Waals surface area contributed by atoms with Gasteiger partial charge in [-0.2, -0.15) is 0 Å². The quantitative estimate of drug-likeness (QED) is 0.591. The second kappa shape index (κ2) is 36.3. The average Bonchev–Trinajstić information content (AvgIpc) is 2.37. The van der Waals surface area contributed by atoms with Gasteiger partial charge in [0.1, 0.15) is 0 Å². The first-order valence-corrected chi connectivity index (χ1v) is 7.39. The summed E-state index contributed by atoms with van der Waals surface area (Å²) in [5, 5.41) is 0. The Morgan fingerprint density at radius 1 is 0.750 bits per heavy atom. The first-order chi connectivity index (χ1) is 7.81. The molecule has 0 radical (unpaired) electrons. The van der Waals surface area contributed by atoms with Gasteiger partial charge in [-0.25, -0.2) is 0 Å². The Hall–Kier alpha value is -0.0400. The van der Waals surface area contributed by atoms with Crippen LogP contribution in [0.1, 0.15) is 87.0 Å².